The average molecular weight is 240 g/mol. The highest BCUT2D eigenvalue weighted by atomic mass is 16.5. The number of esters is 1. The number of rotatable bonds is 6. The van der Waals surface area contributed by atoms with Gasteiger partial charge >= 0.3 is 5.97 Å². The van der Waals surface area contributed by atoms with Crippen LogP contribution < -0.4 is 4.90 Å². The molecule has 1 aromatic heterocycles. The van der Waals surface area contributed by atoms with Crippen LogP contribution in [0.5, 0.6) is 0 Å². The molecule has 0 amide bonds. The minimum atomic E-state index is -0.225. The zero-order valence-corrected chi connectivity index (χ0v) is 10.9. The van der Waals surface area contributed by atoms with Crippen LogP contribution in [0, 0.1) is 0 Å². The van der Waals surface area contributed by atoms with Gasteiger partial charge in [-0.25, -0.2) is 0 Å². The lowest BCUT2D eigenvalue weighted by atomic mass is 10.3. The first kappa shape index (κ1) is 13.5. The summed E-state index contributed by atoms with van der Waals surface area (Å²) in [6, 6.07) is 0. The number of aromatic nitrogens is 3. The molecular weight excluding hydrogens is 220 g/mol. The van der Waals surface area contributed by atoms with E-state index in [1.54, 1.807) is 4.68 Å². The fraction of sp³-hybridized carbons (Fsp3) is 0.727. The van der Waals surface area contributed by atoms with Gasteiger partial charge in [0.2, 0.25) is 5.95 Å². The molecule has 0 aliphatic rings. The molecule has 0 spiro atoms. The molecule has 0 atom stereocenters. The van der Waals surface area contributed by atoms with E-state index in [9.17, 15) is 4.79 Å². The molecule has 0 saturated carbocycles. The number of carbonyl (C=O) groups is 1. The third-order valence-corrected chi connectivity index (χ3v) is 2.52. The van der Waals surface area contributed by atoms with Crippen molar-refractivity contribution in [2.24, 2.45) is 7.05 Å². The second-order valence-electron chi connectivity index (χ2n) is 3.95. The topological polar surface area (TPSA) is 60.3 Å². The molecule has 0 N–H and O–H groups in total. The van der Waals surface area contributed by atoms with Crippen molar-refractivity contribution in [3.05, 3.63) is 5.82 Å². The van der Waals surface area contributed by atoms with Gasteiger partial charge in [-0.2, -0.15) is 4.98 Å². The summed E-state index contributed by atoms with van der Waals surface area (Å²) in [6.45, 7) is 3.03. The lowest BCUT2D eigenvalue weighted by Crippen LogP contribution is -2.19. The van der Waals surface area contributed by atoms with E-state index in [2.05, 4.69) is 21.7 Å². The Balaban J connectivity index is 2.64. The molecular formula is C11H20N4O2. The van der Waals surface area contributed by atoms with Crippen molar-refractivity contribution in [3.63, 3.8) is 0 Å². The van der Waals surface area contributed by atoms with Crippen LogP contribution in [0.25, 0.3) is 0 Å². The second-order valence-corrected chi connectivity index (χ2v) is 3.95. The Kier molecular flexibility index (Phi) is 4.93. The van der Waals surface area contributed by atoms with Crippen LogP contribution in [0.4, 0.5) is 5.95 Å². The molecule has 0 bridgehead atoms. The van der Waals surface area contributed by atoms with Crippen molar-refractivity contribution in [3.8, 4) is 0 Å². The number of carbonyl (C=O) groups excluding carboxylic acids is 1. The number of nitrogens with zero attached hydrogens (tertiary/aromatic N) is 4. The number of ether oxygens (including phenoxy) is 1. The van der Waals surface area contributed by atoms with Gasteiger partial charge in [-0.15, -0.1) is 5.10 Å². The van der Waals surface area contributed by atoms with Gasteiger partial charge in [-0.1, -0.05) is 6.92 Å². The molecule has 6 nitrogen and oxygen atoms in total. The normalized spacial score (nSPS) is 10.4. The Morgan fingerprint density at radius 1 is 1.53 bits per heavy atom. The molecule has 0 fully saturated rings. The zero-order valence-electron chi connectivity index (χ0n) is 10.9. The maximum atomic E-state index is 11.0. The Labute approximate surface area is 102 Å². The Morgan fingerprint density at radius 3 is 2.82 bits per heavy atom. The Hall–Kier alpha value is -1.59. The van der Waals surface area contributed by atoms with Crippen LogP contribution >= 0.6 is 0 Å². The number of hydrogen-bond donors (Lipinski definition) is 0. The van der Waals surface area contributed by atoms with Crippen LogP contribution in [0.2, 0.25) is 0 Å². The predicted molar refractivity (Wildman–Crippen MR) is 64.9 cm³/mol. The minimum Gasteiger partial charge on any atom is -0.469 e. The fourth-order valence-corrected chi connectivity index (χ4v) is 1.53. The summed E-state index contributed by atoms with van der Waals surface area (Å²) >= 11 is 0. The van der Waals surface area contributed by atoms with Crippen molar-refractivity contribution < 1.29 is 9.53 Å². The molecule has 0 aliphatic carbocycles. The smallest absolute Gasteiger partial charge is 0.305 e. The first-order chi connectivity index (χ1) is 8.08. The lowest BCUT2D eigenvalue weighted by Gasteiger charge is -2.12. The van der Waals surface area contributed by atoms with Gasteiger partial charge in [0, 0.05) is 27.1 Å². The summed E-state index contributed by atoms with van der Waals surface area (Å²) in [5, 5.41) is 4.31. The molecule has 6 heteroatoms. The van der Waals surface area contributed by atoms with Crippen molar-refractivity contribution in [2.45, 2.75) is 26.2 Å². The van der Waals surface area contributed by atoms with Gasteiger partial charge in [-0.05, 0) is 6.42 Å². The van der Waals surface area contributed by atoms with Crippen LogP contribution in [0.15, 0.2) is 0 Å². The molecule has 17 heavy (non-hydrogen) atoms. The van der Waals surface area contributed by atoms with E-state index in [1.807, 2.05) is 19.0 Å². The molecule has 1 aromatic rings. The van der Waals surface area contributed by atoms with Crippen LogP contribution in [0.1, 0.15) is 25.6 Å². The highest BCUT2D eigenvalue weighted by molar-refractivity contribution is 5.69. The number of aryl methyl sites for hydroxylation is 2. The summed E-state index contributed by atoms with van der Waals surface area (Å²) in [5.41, 5.74) is 0. The number of anilines is 1. The molecule has 0 unspecified atom stereocenters. The maximum absolute atomic E-state index is 11.0. The predicted octanol–water partition coefficient (Wildman–Crippen LogP) is 0.767. The SMILES string of the molecule is CCCN(C)c1nc(CCC(=O)OC)n(C)n1. The summed E-state index contributed by atoms with van der Waals surface area (Å²) < 4.78 is 6.31. The Morgan fingerprint density at radius 2 is 2.24 bits per heavy atom. The molecule has 0 saturated heterocycles. The third kappa shape index (κ3) is 3.72. The number of methoxy groups -OCH3 is 1. The highest BCUT2D eigenvalue weighted by Crippen LogP contribution is 2.09. The van der Waals surface area contributed by atoms with Gasteiger partial charge in [0.15, 0.2) is 0 Å². The first-order valence-electron chi connectivity index (χ1n) is 5.76. The van der Waals surface area contributed by atoms with E-state index in [0.29, 0.717) is 18.8 Å². The standard InChI is InChI=1S/C11H20N4O2/c1-5-8-14(2)11-12-9(15(3)13-11)6-7-10(16)17-4/h5-8H2,1-4H3. The summed E-state index contributed by atoms with van der Waals surface area (Å²) in [6.07, 6.45) is 1.93. The van der Waals surface area contributed by atoms with Gasteiger partial charge < -0.3 is 9.64 Å². The largest absolute Gasteiger partial charge is 0.469 e. The first-order valence-corrected chi connectivity index (χ1v) is 5.76. The molecule has 0 aromatic carbocycles. The molecule has 0 radical (unpaired) electrons. The second kappa shape index (κ2) is 6.22. The van der Waals surface area contributed by atoms with Crippen molar-refractivity contribution in [1.82, 2.24) is 14.8 Å². The third-order valence-electron chi connectivity index (χ3n) is 2.52. The van der Waals surface area contributed by atoms with Crippen LogP contribution in [0.3, 0.4) is 0 Å². The van der Waals surface area contributed by atoms with Crippen LogP contribution in [-0.4, -0.2) is 41.4 Å². The van der Waals surface area contributed by atoms with E-state index < -0.39 is 0 Å². The summed E-state index contributed by atoms with van der Waals surface area (Å²) in [5.74, 6) is 1.28. The van der Waals surface area contributed by atoms with Crippen molar-refractivity contribution in [2.75, 3.05) is 25.6 Å². The summed E-state index contributed by atoms with van der Waals surface area (Å²) in [7, 11) is 5.19. The minimum absolute atomic E-state index is 0.225. The molecule has 96 valence electrons. The van der Waals surface area contributed by atoms with Gasteiger partial charge in [0.05, 0.1) is 13.5 Å². The van der Waals surface area contributed by atoms with E-state index in [1.165, 1.54) is 7.11 Å². The van der Waals surface area contributed by atoms with Crippen molar-refractivity contribution >= 4 is 11.9 Å². The van der Waals surface area contributed by atoms with E-state index in [-0.39, 0.29) is 5.97 Å². The molecule has 1 rings (SSSR count). The van der Waals surface area contributed by atoms with E-state index in [4.69, 9.17) is 0 Å². The lowest BCUT2D eigenvalue weighted by molar-refractivity contribution is -0.140. The maximum Gasteiger partial charge on any atom is 0.305 e. The van der Waals surface area contributed by atoms with Gasteiger partial charge in [0.1, 0.15) is 5.82 Å². The molecule has 0 aliphatic heterocycles. The average Bonchev–Trinajstić information content (AvgIpc) is 2.68. The Bertz CT molecular complexity index is 376. The summed E-state index contributed by atoms with van der Waals surface area (Å²) in [4.78, 5) is 17.5. The van der Waals surface area contributed by atoms with E-state index in [0.717, 1.165) is 18.8 Å². The van der Waals surface area contributed by atoms with Crippen molar-refractivity contribution in [1.29, 1.82) is 0 Å². The molecule has 1 heterocycles. The zero-order chi connectivity index (χ0) is 12.8. The monoisotopic (exact) mass is 240 g/mol. The van der Waals surface area contributed by atoms with Gasteiger partial charge in [0.25, 0.3) is 0 Å². The van der Waals surface area contributed by atoms with E-state index >= 15 is 0 Å². The quantitative estimate of drug-likeness (QED) is 0.687. The van der Waals surface area contributed by atoms with Crippen LogP contribution in [-0.2, 0) is 23.0 Å². The highest BCUT2D eigenvalue weighted by Gasteiger charge is 2.12. The number of hydrogen-bond acceptors (Lipinski definition) is 5. The fourth-order valence-electron chi connectivity index (χ4n) is 1.53. The van der Waals surface area contributed by atoms with Gasteiger partial charge in [-0.3, -0.25) is 9.48 Å².